The summed E-state index contributed by atoms with van der Waals surface area (Å²) in [6.07, 6.45) is 0.362. The molecule has 2 amide bonds. The highest BCUT2D eigenvalue weighted by atomic mass is 16.5. The van der Waals surface area contributed by atoms with Crippen LogP contribution in [0.5, 0.6) is 0 Å². The van der Waals surface area contributed by atoms with Gasteiger partial charge >= 0.3 is 0 Å². The Morgan fingerprint density at radius 1 is 1.30 bits per heavy atom. The van der Waals surface area contributed by atoms with Crippen LogP contribution in [0.2, 0.25) is 0 Å². The minimum atomic E-state index is 0.00478. The first-order valence-corrected chi connectivity index (χ1v) is 7.34. The van der Waals surface area contributed by atoms with Gasteiger partial charge < -0.3 is 15.0 Å². The van der Waals surface area contributed by atoms with Crippen molar-refractivity contribution >= 4 is 11.8 Å². The number of morpholine rings is 1. The molecule has 1 aliphatic rings. The molecule has 6 heteroatoms. The van der Waals surface area contributed by atoms with Crippen molar-refractivity contribution in [3.05, 3.63) is 0 Å². The number of hydrogen-bond acceptors (Lipinski definition) is 4. The summed E-state index contributed by atoms with van der Waals surface area (Å²) >= 11 is 0. The second-order valence-corrected chi connectivity index (χ2v) is 5.36. The first-order chi connectivity index (χ1) is 9.50. The third kappa shape index (κ3) is 6.34. The van der Waals surface area contributed by atoms with Gasteiger partial charge in [0.05, 0.1) is 13.2 Å². The molecule has 0 saturated carbocycles. The van der Waals surface area contributed by atoms with Gasteiger partial charge in [-0.3, -0.25) is 14.5 Å². The number of rotatable bonds is 7. The van der Waals surface area contributed by atoms with E-state index in [0.717, 1.165) is 32.8 Å². The van der Waals surface area contributed by atoms with Gasteiger partial charge in [0.15, 0.2) is 0 Å². The Balaban J connectivity index is 2.14. The Hall–Kier alpha value is -1.14. The van der Waals surface area contributed by atoms with E-state index in [2.05, 4.69) is 10.2 Å². The largest absolute Gasteiger partial charge is 0.379 e. The zero-order chi connectivity index (χ0) is 15.0. The maximum atomic E-state index is 11.7. The van der Waals surface area contributed by atoms with Crippen molar-refractivity contribution in [1.29, 1.82) is 0 Å². The van der Waals surface area contributed by atoms with Gasteiger partial charge in [0.1, 0.15) is 0 Å². The number of carbonyl (C=O) groups is 2. The van der Waals surface area contributed by atoms with Gasteiger partial charge in [0.25, 0.3) is 0 Å². The minimum absolute atomic E-state index is 0.00478. The predicted molar refractivity (Wildman–Crippen MR) is 77.4 cm³/mol. The van der Waals surface area contributed by atoms with Crippen LogP contribution in [0.25, 0.3) is 0 Å². The summed E-state index contributed by atoms with van der Waals surface area (Å²) < 4.78 is 5.27. The molecular formula is C14H27N3O3. The third-order valence-corrected chi connectivity index (χ3v) is 3.46. The van der Waals surface area contributed by atoms with Crippen molar-refractivity contribution in [3.8, 4) is 0 Å². The van der Waals surface area contributed by atoms with Crippen LogP contribution in [0.15, 0.2) is 0 Å². The van der Waals surface area contributed by atoms with Gasteiger partial charge in [-0.2, -0.15) is 0 Å². The molecule has 6 nitrogen and oxygen atoms in total. The van der Waals surface area contributed by atoms with Crippen LogP contribution in [0, 0.1) is 0 Å². The van der Waals surface area contributed by atoms with Gasteiger partial charge in [-0.15, -0.1) is 0 Å². The van der Waals surface area contributed by atoms with Crippen molar-refractivity contribution in [2.75, 3.05) is 45.9 Å². The van der Waals surface area contributed by atoms with Crippen LogP contribution in [0.4, 0.5) is 0 Å². The molecule has 0 aromatic heterocycles. The van der Waals surface area contributed by atoms with E-state index in [1.165, 1.54) is 6.92 Å². The Bertz CT molecular complexity index is 315. The maximum Gasteiger partial charge on any atom is 0.221 e. The van der Waals surface area contributed by atoms with Gasteiger partial charge in [0.2, 0.25) is 11.8 Å². The molecule has 0 aliphatic carbocycles. The summed E-state index contributed by atoms with van der Waals surface area (Å²) in [5.41, 5.74) is 0. The van der Waals surface area contributed by atoms with Crippen molar-refractivity contribution in [2.24, 2.45) is 0 Å². The molecule has 0 aromatic rings. The SMILES string of the molecule is CC(=O)N(CCC(=O)NCCN1CCOCC1)C(C)C. The maximum absolute atomic E-state index is 11.7. The first kappa shape index (κ1) is 16.9. The van der Waals surface area contributed by atoms with E-state index in [1.807, 2.05) is 13.8 Å². The Morgan fingerprint density at radius 2 is 1.95 bits per heavy atom. The van der Waals surface area contributed by atoms with Gasteiger partial charge in [0, 0.05) is 52.1 Å². The van der Waals surface area contributed by atoms with Crippen LogP contribution >= 0.6 is 0 Å². The molecule has 0 spiro atoms. The molecule has 116 valence electrons. The van der Waals surface area contributed by atoms with E-state index in [9.17, 15) is 9.59 Å². The van der Waals surface area contributed by atoms with Crippen LogP contribution in [-0.4, -0.2) is 73.6 Å². The number of amides is 2. The molecule has 0 atom stereocenters. The lowest BCUT2D eigenvalue weighted by Gasteiger charge is -2.27. The Morgan fingerprint density at radius 3 is 2.50 bits per heavy atom. The number of carbonyl (C=O) groups excluding carboxylic acids is 2. The topological polar surface area (TPSA) is 61.9 Å². The number of nitrogens with one attached hydrogen (secondary N) is 1. The van der Waals surface area contributed by atoms with Crippen LogP contribution in [-0.2, 0) is 14.3 Å². The van der Waals surface area contributed by atoms with Crippen molar-refractivity contribution in [1.82, 2.24) is 15.1 Å². The van der Waals surface area contributed by atoms with Gasteiger partial charge in [-0.25, -0.2) is 0 Å². The Labute approximate surface area is 121 Å². The molecule has 0 aromatic carbocycles. The zero-order valence-corrected chi connectivity index (χ0v) is 12.9. The van der Waals surface area contributed by atoms with Crippen molar-refractivity contribution < 1.29 is 14.3 Å². The second kappa shape index (κ2) is 8.92. The molecule has 0 bridgehead atoms. The molecule has 1 fully saturated rings. The van der Waals surface area contributed by atoms with Crippen LogP contribution in [0.1, 0.15) is 27.2 Å². The summed E-state index contributed by atoms with van der Waals surface area (Å²) in [7, 11) is 0. The molecular weight excluding hydrogens is 258 g/mol. The van der Waals surface area contributed by atoms with E-state index in [1.54, 1.807) is 4.90 Å². The lowest BCUT2D eigenvalue weighted by molar-refractivity contribution is -0.131. The summed E-state index contributed by atoms with van der Waals surface area (Å²) in [4.78, 5) is 27.1. The Kier molecular flexibility index (Phi) is 7.54. The number of nitrogens with zero attached hydrogens (tertiary/aromatic N) is 2. The molecule has 20 heavy (non-hydrogen) atoms. The van der Waals surface area contributed by atoms with E-state index >= 15 is 0 Å². The minimum Gasteiger partial charge on any atom is -0.379 e. The second-order valence-electron chi connectivity index (χ2n) is 5.36. The van der Waals surface area contributed by atoms with Gasteiger partial charge in [-0.05, 0) is 13.8 Å². The average Bonchev–Trinajstić information content (AvgIpc) is 2.39. The average molecular weight is 285 g/mol. The molecule has 1 aliphatic heterocycles. The van der Waals surface area contributed by atoms with Crippen molar-refractivity contribution in [3.63, 3.8) is 0 Å². The summed E-state index contributed by atoms with van der Waals surface area (Å²) in [6.45, 7) is 10.9. The summed E-state index contributed by atoms with van der Waals surface area (Å²) in [6, 6.07) is 0.133. The number of ether oxygens (including phenoxy) is 1. The monoisotopic (exact) mass is 285 g/mol. The lowest BCUT2D eigenvalue weighted by atomic mass is 10.2. The van der Waals surface area contributed by atoms with E-state index in [0.29, 0.717) is 19.5 Å². The fourth-order valence-corrected chi connectivity index (χ4v) is 2.27. The molecule has 0 unspecified atom stereocenters. The highest BCUT2D eigenvalue weighted by molar-refractivity contribution is 5.78. The highest BCUT2D eigenvalue weighted by Crippen LogP contribution is 2.00. The standard InChI is InChI=1S/C14H27N3O3/c1-12(2)17(13(3)18)6-4-14(19)15-5-7-16-8-10-20-11-9-16/h12H,4-11H2,1-3H3,(H,15,19). The normalized spacial score (nSPS) is 16.2. The molecule has 1 rings (SSSR count). The first-order valence-electron chi connectivity index (χ1n) is 7.34. The summed E-state index contributed by atoms with van der Waals surface area (Å²) in [5.74, 6) is 0.0197. The predicted octanol–water partition coefficient (Wildman–Crippen LogP) is 0.0818. The fourth-order valence-electron chi connectivity index (χ4n) is 2.27. The lowest BCUT2D eigenvalue weighted by Crippen LogP contribution is -2.42. The van der Waals surface area contributed by atoms with E-state index < -0.39 is 0 Å². The summed E-state index contributed by atoms with van der Waals surface area (Å²) in [5, 5.41) is 2.90. The highest BCUT2D eigenvalue weighted by Gasteiger charge is 2.14. The van der Waals surface area contributed by atoms with Gasteiger partial charge in [-0.1, -0.05) is 0 Å². The fraction of sp³-hybridized carbons (Fsp3) is 0.857. The molecule has 0 radical (unpaired) electrons. The smallest absolute Gasteiger partial charge is 0.221 e. The van der Waals surface area contributed by atoms with E-state index in [4.69, 9.17) is 4.74 Å². The van der Waals surface area contributed by atoms with Crippen LogP contribution in [0.3, 0.4) is 0 Å². The molecule has 1 saturated heterocycles. The molecule has 1 N–H and O–H groups in total. The van der Waals surface area contributed by atoms with Crippen molar-refractivity contribution in [2.45, 2.75) is 33.2 Å². The third-order valence-electron chi connectivity index (χ3n) is 3.46. The zero-order valence-electron chi connectivity index (χ0n) is 12.9. The van der Waals surface area contributed by atoms with E-state index in [-0.39, 0.29) is 17.9 Å². The quantitative estimate of drug-likeness (QED) is 0.720. The van der Waals surface area contributed by atoms with Crippen LogP contribution < -0.4 is 5.32 Å². The number of hydrogen-bond donors (Lipinski definition) is 1. The molecule has 1 heterocycles.